The van der Waals surface area contributed by atoms with Gasteiger partial charge in [0.15, 0.2) is 0 Å². The van der Waals surface area contributed by atoms with E-state index < -0.39 is 0 Å². The molecule has 0 unspecified atom stereocenters. The third-order valence-electron chi connectivity index (χ3n) is 2.71. The highest BCUT2D eigenvalue weighted by Crippen LogP contribution is 2.25. The van der Waals surface area contributed by atoms with E-state index in [9.17, 15) is 0 Å². The van der Waals surface area contributed by atoms with E-state index in [0.717, 1.165) is 6.04 Å². The molecule has 1 aliphatic rings. The van der Waals surface area contributed by atoms with Gasteiger partial charge in [-0.3, -0.25) is 0 Å². The zero-order chi connectivity index (χ0) is 9.52. The molecule has 1 N–H and O–H groups in total. The maximum Gasteiger partial charge on any atom is 0.00933 e. The van der Waals surface area contributed by atoms with Crippen LogP contribution in [0.15, 0.2) is 0 Å². The van der Waals surface area contributed by atoms with E-state index in [2.05, 4.69) is 24.2 Å². The molecule has 0 heterocycles. The summed E-state index contributed by atoms with van der Waals surface area (Å²) in [4.78, 5) is 2.51. The van der Waals surface area contributed by atoms with E-state index in [1.165, 1.54) is 51.7 Å². The molecule has 0 spiro atoms. The van der Waals surface area contributed by atoms with Crippen LogP contribution in [0.5, 0.6) is 0 Å². The van der Waals surface area contributed by atoms with Gasteiger partial charge in [-0.05, 0) is 58.8 Å². The standard InChI is InChI=1S/C11H24N2/c1-3-8-12-9-4-5-10-13(2)11-6-7-11/h11-12H,3-10H2,1-2H3. The summed E-state index contributed by atoms with van der Waals surface area (Å²) in [5.74, 6) is 0. The van der Waals surface area contributed by atoms with E-state index in [1.54, 1.807) is 0 Å². The van der Waals surface area contributed by atoms with Crippen molar-refractivity contribution in [1.29, 1.82) is 0 Å². The van der Waals surface area contributed by atoms with Crippen molar-refractivity contribution in [2.75, 3.05) is 26.7 Å². The molecule has 0 saturated heterocycles. The molecule has 1 aliphatic carbocycles. The Labute approximate surface area is 82.7 Å². The second-order valence-electron chi connectivity index (χ2n) is 4.17. The van der Waals surface area contributed by atoms with Crippen LogP contribution in [0.4, 0.5) is 0 Å². The quantitative estimate of drug-likeness (QED) is 0.579. The summed E-state index contributed by atoms with van der Waals surface area (Å²) >= 11 is 0. The Hall–Kier alpha value is -0.0800. The Morgan fingerprint density at radius 1 is 1.23 bits per heavy atom. The first-order chi connectivity index (χ1) is 6.34. The molecule has 0 aliphatic heterocycles. The van der Waals surface area contributed by atoms with Gasteiger partial charge in [0.25, 0.3) is 0 Å². The zero-order valence-electron chi connectivity index (χ0n) is 9.18. The number of nitrogens with one attached hydrogen (secondary N) is 1. The Kier molecular flexibility index (Phi) is 5.40. The second-order valence-corrected chi connectivity index (χ2v) is 4.17. The van der Waals surface area contributed by atoms with Crippen LogP contribution in [0.25, 0.3) is 0 Å². The van der Waals surface area contributed by atoms with E-state index in [4.69, 9.17) is 0 Å². The summed E-state index contributed by atoms with van der Waals surface area (Å²) in [5.41, 5.74) is 0. The molecule has 1 saturated carbocycles. The van der Waals surface area contributed by atoms with Crippen LogP contribution in [-0.2, 0) is 0 Å². The van der Waals surface area contributed by atoms with Crippen LogP contribution in [-0.4, -0.2) is 37.6 Å². The maximum absolute atomic E-state index is 3.44. The van der Waals surface area contributed by atoms with Gasteiger partial charge in [0, 0.05) is 6.04 Å². The van der Waals surface area contributed by atoms with Crippen LogP contribution in [0.3, 0.4) is 0 Å². The van der Waals surface area contributed by atoms with Crippen molar-refractivity contribution in [3.8, 4) is 0 Å². The normalized spacial score (nSPS) is 16.8. The zero-order valence-corrected chi connectivity index (χ0v) is 9.18. The molecule has 2 nitrogen and oxygen atoms in total. The fourth-order valence-electron chi connectivity index (χ4n) is 1.61. The lowest BCUT2D eigenvalue weighted by Crippen LogP contribution is -2.23. The Bertz CT molecular complexity index is 121. The molecule has 0 radical (unpaired) electrons. The molecule has 0 aromatic heterocycles. The molecule has 1 fully saturated rings. The van der Waals surface area contributed by atoms with Crippen molar-refractivity contribution in [2.45, 2.75) is 45.1 Å². The molecule has 13 heavy (non-hydrogen) atoms. The first kappa shape index (κ1) is 11.0. The van der Waals surface area contributed by atoms with Crippen LogP contribution in [0.1, 0.15) is 39.0 Å². The second kappa shape index (κ2) is 6.39. The monoisotopic (exact) mass is 184 g/mol. The van der Waals surface area contributed by atoms with Gasteiger partial charge in [0.05, 0.1) is 0 Å². The molecule has 0 amide bonds. The Balaban J connectivity index is 1.77. The lowest BCUT2D eigenvalue weighted by Gasteiger charge is -2.14. The van der Waals surface area contributed by atoms with E-state index in [-0.39, 0.29) is 0 Å². The summed E-state index contributed by atoms with van der Waals surface area (Å²) in [6.07, 6.45) is 6.80. The molecule has 0 aromatic rings. The molecule has 2 heteroatoms. The van der Waals surface area contributed by atoms with Crippen LogP contribution >= 0.6 is 0 Å². The molecule has 78 valence electrons. The van der Waals surface area contributed by atoms with E-state index in [0.29, 0.717) is 0 Å². The van der Waals surface area contributed by atoms with Crippen molar-refractivity contribution < 1.29 is 0 Å². The minimum atomic E-state index is 0.934. The van der Waals surface area contributed by atoms with Crippen molar-refractivity contribution in [3.63, 3.8) is 0 Å². The lowest BCUT2D eigenvalue weighted by molar-refractivity contribution is 0.315. The maximum atomic E-state index is 3.44. The first-order valence-electron chi connectivity index (χ1n) is 5.75. The van der Waals surface area contributed by atoms with Crippen LogP contribution < -0.4 is 5.32 Å². The average molecular weight is 184 g/mol. The topological polar surface area (TPSA) is 15.3 Å². The fraction of sp³-hybridized carbons (Fsp3) is 1.00. The van der Waals surface area contributed by atoms with Gasteiger partial charge in [0.1, 0.15) is 0 Å². The SMILES string of the molecule is CCCNCCCCN(C)C1CC1. The van der Waals surface area contributed by atoms with Gasteiger partial charge in [-0.25, -0.2) is 0 Å². The highest BCUT2D eigenvalue weighted by atomic mass is 15.1. The molecular formula is C11H24N2. The van der Waals surface area contributed by atoms with Gasteiger partial charge in [0.2, 0.25) is 0 Å². The highest BCUT2D eigenvalue weighted by Gasteiger charge is 2.25. The smallest absolute Gasteiger partial charge is 0.00933 e. The predicted octanol–water partition coefficient (Wildman–Crippen LogP) is 1.86. The fourth-order valence-corrected chi connectivity index (χ4v) is 1.61. The van der Waals surface area contributed by atoms with Crippen LogP contribution in [0.2, 0.25) is 0 Å². The van der Waals surface area contributed by atoms with Crippen LogP contribution in [0, 0.1) is 0 Å². The molecule has 0 aromatic carbocycles. The Morgan fingerprint density at radius 3 is 2.62 bits per heavy atom. The summed E-state index contributed by atoms with van der Waals surface area (Å²) in [6.45, 7) is 5.89. The van der Waals surface area contributed by atoms with Gasteiger partial charge in [-0.15, -0.1) is 0 Å². The van der Waals surface area contributed by atoms with Gasteiger partial charge in [-0.1, -0.05) is 6.92 Å². The predicted molar refractivity (Wildman–Crippen MR) is 58.0 cm³/mol. The number of unbranched alkanes of at least 4 members (excludes halogenated alkanes) is 1. The van der Waals surface area contributed by atoms with Gasteiger partial charge >= 0.3 is 0 Å². The molecule has 0 bridgehead atoms. The summed E-state index contributed by atoms with van der Waals surface area (Å²) in [5, 5.41) is 3.44. The third-order valence-corrected chi connectivity index (χ3v) is 2.71. The molecule has 1 rings (SSSR count). The van der Waals surface area contributed by atoms with E-state index >= 15 is 0 Å². The van der Waals surface area contributed by atoms with Crippen molar-refractivity contribution in [2.24, 2.45) is 0 Å². The van der Waals surface area contributed by atoms with E-state index in [1.807, 2.05) is 0 Å². The highest BCUT2D eigenvalue weighted by molar-refractivity contribution is 4.82. The average Bonchev–Trinajstić information content (AvgIpc) is 2.93. The van der Waals surface area contributed by atoms with Crippen molar-refractivity contribution in [1.82, 2.24) is 10.2 Å². The largest absolute Gasteiger partial charge is 0.317 e. The van der Waals surface area contributed by atoms with Crippen molar-refractivity contribution >= 4 is 0 Å². The summed E-state index contributed by atoms with van der Waals surface area (Å²) in [7, 11) is 2.26. The number of rotatable bonds is 8. The van der Waals surface area contributed by atoms with Gasteiger partial charge in [-0.2, -0.15) is 0 Å². The minimum absolute atomic E-state index is 0.934. The number of nitrogens with zero attached hydrogens (tertiary/aromatic N) is 1. The number of hydrogen-bond acceptors (Lipinski definition) is 2. The first-order valence-corrected chi connectivity index (χ1v) is 5.75. The molecule has 0 atom stereocenters. The lowest BCUT2D eigenvalue weighted by atomic mass is 10.3. The third kappa shape index (κ3) is 5.27. The van der Waals surface area contributed by atoms with Gasteiger partial charge < -0.3 is 10.2 Å². The van der Waals surface area contributed by atoms with Crippen molar-refractivity contribution in [3.05, 3.63) is 0 Å². The Morgan fingerprint density at radius 2 is 2.00 bits per heavy atom. The summed E-state index contributed by atoms with van der Waals surface area (Å²) in [6, 6.07) is 0.934. The minimum Gasteiger partial charge on any atom is -0.317 e. The molecular weight excluding hydrogens is 160 g/mol. The number of hydrogen-bond donors (Lipinski definition) is 1. The summed E-state index contributed by atoms with van der Waals surface area (Å²) < 4.78 is 0.